The molecule has 0 radical (unpaired) electrons. The number of carbonyl (C=O) groups is 3. The Bertz CT molecular complexity index is 1050. The number of anilines is 2. The fourth-order valence-electron chi connectivity index (χ4n) is 4.44. The molecule has 180 valence electrons. The van der Waals surface area contributed by atoms with Crippen molar-refractivity contribution in [2.24, 2.45) is 0 Å². The van der Waals surface area contributed by atoms with Crippen molar-refractivity contribution in [1.29, 1.82) is 0 Å². The van der Waals surface area contributed by atoms with Crippen molar-refractivity contribution >= 4 is 29.2 Å². The van der Waals surface area contributed by atoms with E-state index in [1.807, 2.05) is 48.5 Å². The van der Waals surface area contributed by atoms with Crippen LogP contribution in [0.3, 0.4) is 0 Å². The van der Waals surface area contributed by atoms with E-state index >= 15 is 0 Å². The van der Waals surface area contributed by atoms with Gasteiger partial charge in [0.2, 0.25) is 5.91 Å². The van der Waals surface area contributed by atoms with Crippen molar-refractivity contribution in [2.45, 2.75) is 45.2 Å². The summed E-state index contributed by atoms with van der Waals surface area (Å²) < 4.78 is 5.38. The number of hydrogen-bond donors (Lipinski definition) is 2. The normalized spacial score (nSPS) is 21.4. The molecule has 2 fully saturated rings. The molecule has 0 aromatic heterocycles. The minimum absolute atomic E-state index is 0.426. The fraction of sp³-hybridized carbons (Fsp3) is 0.423. The number of urea groups is 1. The van der Waals surface area contributed by atoms with Crippen molar-refractivity contribution in [3.05, 3.63) is 59.7 Å². The zero-order valence-electron chi connectivity index (χ0n) is 20.0. The van der Waals surface area contributed by atoms with E-state index in [0.29, 0.717) is 24.5 Å². The molecule has 0 bridgehead atoms. The van der Waals surface area contributed by atoms with Crippen LogP contribution in [-0.2, 0) is 26.3 Å². The third-order valence-corrected chi connectivity index (χ3v) is 6.57. The molecule has 2 atom stereocenters. The molecule has 2 aliphatic rings. The summed E-state index contributed by atoms with van der Waals surface area (Å²) in [5.41, 5.74) is 2.32. The number of hydrogen-bond acceptors (Lipinski definition) is 5. The molecule has 0 aliphatic carbocycles. The molecule has 0 saturated carbocycles. The van der Waals surface area contributed by atoms with Gasteiger partial charge in [-0.1, -0.05) is 37.6 Å². The Hall–Kier alpha value is -3.39. The number of carbonyl (C=O) groups excluding carboxylic acids is 3. The van der Waals surface area contributed by atoms with Crippen LogP contribution < -0.4 is 15.5 Å². The molecule has 0 spiro atoms. The molecule has 0 unspecified atom stereocenters. The minimum atomic E-state index is -1.21. The Morgan fingerprint density at radius 1 is 1.09 bits per heavy atom. The summed E-state index contributed by atoms with van der Waals surface area (Å²) in [6, 6.07) is 13.7. The van der Waals surface area contributed by atoms with Crippen molar-refractivity contribution < 1.29 is 19.1 Å². The third-order valence-electron chi connectivity index (χ3n) is 6.57. The van der Waals surface area contributed by atoms with Crippen LogP contribution in [0.25, 0.3) is 0 Å². The maximum absolute atomic E-state index is 13.3. The predicted octanol–water partition coefficient (Wildman–Crippen LogP) is 3.27. The second kappa shape index (κ2) is 9.85. The van der Waals surface area contributed by atoms with Gasteiger partial charge in [-0.3, -0.25) is 9.59 Å². The predicted molar refractivity (Wildman–Crippen MR) is 131 cm³/mol. The molecule has 2 saturated heterocycles. The zero-order chi connectivity index (χ0) is 24.3. The lowest BCUT2D eigenvalue weighted by molar-refractivity contribution is -0.136. The second-order valence-corrected chi connectivity index (χ2v) is 8.99. The number of nitrogens with zero attached hydrogens (tertiary/aromatic N) is 2. The number of imide groups is 1. The molecule has 2 heterocycles. The lowest BCUT2D eigenvalue weighted by Gasteiger charge is -2.29. The van der Waals surface area contributed by atoms with Crippen LogP contribution in [0.4, 0.5) is 16.2 Å². The first-order chi connectivity index (χ1) is 16.3. The van der Waals surface area contributed by atoms with Gasteiger partial charge in [0.25, 0.3) is 5.91 Å². The highest BCUT2D eigenvalue weighted by Gasteiger charge is 2.51. The van der Waals surface area contributed by atoms with E-state index in [4.69, 9.17) is 4.74 Å². The van der Waals surface area contributed by atoms with E-state index in [1.54, 1.807) is 13.8 Å². The number of amides is 4. The van der Waals surface area contributed by atoms with E-state index < -0.39 is 29.4 Å². The van der Waals surface area contributed by atoms with Gasteiger partial charge in [-0.2, -0.15) is 0 Å². The lowest BCUT2D eigenvalue weighted by Crippen LogP contribution is -2.47. The Kier molecular flexibility index (Phi) is 6.88. The fourth-order valence-corrected chi connectivity index (χ4v) is 4.44. The van der Waals surface area contributed by atoms with E-state index in [1.165, 1.54) is 5.56 Å². The van der Waals surface area contributed by atoms with Crippen LogP contribution in [0.5, 0.6) is 0 Å². The topological polar surface area (TPSA) is 91.0 Å². The average molecular weight is 465 g/mol. The van der Waals surface area contributed by atoms with Crippen molar-refractivity contribution in [1.82, 2.24) is 10.2 Å². The third kappa shape index (κ3) is 4.63. The lowest BCUT2D eigenvalue weighted by atomic mass is 9.90. The standard InChI is InChI=1S/C26H32N4O4/c1-4-5-19-6-8-20(9-7-19)26(3)24(32)30(25(33)28-26)18(2)23(31)27-21-10-12-22(13-11-21)29-14-16-34-17-15-29/h6-13,18H,4-5,14-17H2,1-3H3,(H,27,31)(H,28,33)/t18-,26+/m0/s1. The van der Waals surface area contributed by atoms with Gasteiger partial charge in [0.15, 0.2) is 0 Å². The van der Waals surface area contributed by atoms with Crippen LogP contribution >= 0.6 is 0 Å². The second-order valence-electron chi connectivity index (χ2n) is 8.99. The molecule has 2 aliphatic heterocycles. The molecule has 34 heavy (non-hydrogen) atoms. The molecule has 4 rings (SSSR count). The Morgan fingerprint density at radius 2 is 1.74 bits per heavy atom. The number of aryl methyl sites for hydroxylation is 1. The largest absolute Gasteiger partial charge is 0.378 e. The Labute approximate surface area is 200 Å². The van der Waals surface area contributed by atoms with Gasteiger partial charge in [-0.15, -0.1) is 0 Å². The maximum atomic E-state index is 13.3. The van der Waals surface area contributed by atoms with E-state index in [-0.39, 0.29) is 0 Å². The highest BCUT2D eigenvalue weighted by molar-refractivity contribution is 6.11. The Balaban J connectivity index is 1.43. The molecule has 8 nitrogen and oxygen atoms in total. The maximum Gasteiger partial charge on any atom is 0.326 e. The summed E-state index contributed by atoms with van der Waals surface area (Å²) >= 11 is 0. The summed E-state index contributed by atoms with van der Waals surface area (Å²) in [6.07, 6.45) is 1.98. The average Bonchev–Trinajstić information content (AvgIpc) is 3.08. The first-order valence-corrected chi connectivity index (χ1v) is 11.8. The van der Waals surface area contributed by atoms with E-state index in [2.05, 4.69) is 22.5 Å². The first kappa shape index (κ1) is 23.8. The van der Waals surface area contributed by atoms with Gasteiger partial charge in [0.05, 0.1) is 13.2 Å². The summed E-state index contributed by atoms with van der Waals surface area (Å²) in [6.45, 7) is 8.40. The van der Waals surface area contributed by atoms with Gasteiger partial charge >= 0.3 is 6.03 Å². The first-order valence-electron chi connectivity index (χ1n) is 11.8. The van der Waals surface area contributed by atoms with E-state index in [9.17, 15) is 14.4 Å². The number of rotatable bonds is 7. The summed E-state index contributed by atoms with van der Waals surface area (Å²) in [4.78, 5) is 42.2. The van der Waals surface area contributed by atoms with Crippen molar-refractivity contribution in [2.75, 3.05) is 36.5 Å². The molecule has 2 N–H and O–H groups in total. The summed E-state index contributed by atoms with van der Waals surface area (Å²) in [5.74, 6) is -0.865. The highest BCUT2D eigenvalue weighted by Crippen LogP contribution is 2.30. The van der Waals surface area contributed by atoms with Crippen molar-refractivity contribution in [3.63, 3.8) is 0 Å². The van der Waals surface area contributed by atoms with Gasteiger partial charge in [-0.05, 0) is 55.7 Å². The number of benzene rings is 2. The SMILES string of the molecule is CCCc1ccc([C@@]2(C)NC(=O)N([C@@H](C)C(=O)Nc3ccc(N4CCOCC4)cc3)C2=O)cc1. The number of nitrogens with one attached hydrogen (secondary N) is 2. The monoisotopic (exact) mass is 464 g/mol. The van der Waals surface area contributed by atoms with Crippen LogP contribution in [0.15, 0.2) is 48.5 Å². The van der Waals surface area contributed by atoms with Gasteiger partial charge in [-0.25, -0.2) is 9.69 Å². The molecule has 8 heteroatoms. The quantitative estimate of drug-likeness (QED) is 0.614. The molecular formula is C26H32N4O4. The smallest absolute Gasteiger partial charge is 0.326 e. The molecular weight excluding hydrogens is 432 g/mol. The number of ether oxygens (including phenoxy) is 1. The summed E-state index contributed by atoms with van der Waals surface area (Å²) in [7, 11) is 0. The zero-order valence-corrected chi connectivity index (χ0v) is 20.0. The number of morpholine rings is 1. The summed E-state index contributed by atoms with van der Waals surface area (Å²) in [5, 5.41) is 5.61. The van der Waals surface area contributed by atoms with Gasteiger partial charge in [0.1, 0.15) is 11.6 Å². The van der Waals surface area contributed by atoms with Gasteiger partial charge in [0, 0.05) is 24.5 Å². The van der Waals surface area contributed by atoms with Crippen LogP contribution in [0.1, 0.15) is 38.3 Å². The highest BCUT2D eigenvalue weighted by atomic mass is 16.5. The van der Waals surface area contributed by atoms with Crippen LogP contribution in [0.2, 0.25) is 0 Å². The van der Waals surface area contributed by atoms with Crippen molar-refractivity contribution in [3.8, 4) is 0 Å². The minimum Gasteiger partial charge on any atom is -0.378 e. The Morgan fingerprint density at radius 3 is 2.35 bits per heavy atom. The van der Waals surface area contributed by atoms with E-state index in [0.717, 1.165) is 36.5 Å². The molecule has 4 amide bonds. The molecule has 2 aromatic carbocycles. The van der Waals surface area contributed by atoms with Gasteiger partial charge < -0.3 is 20.3 Å². The van der Waals surface area contributed by atoms with Crippen LogP contribution in [-0.4, -0.2) is 55.1 Å². The molecule has 2 aromatic rings. The van der Waals surface area contributed by atoms with Crippen LogP contribution in [0, 0.1) is 0 Å².